The van der Waals surface area contributed by atoms with E-state index in [-0.39, 0.29) is 38.0 Å². The highest BCUT2D eigenvalue weighted by Gasteiger charge is 2.73. The van der Waals surface area contributed by atoms with Crippen LogP contribution in [-0.2, 0) is 14.3 Å². The number of ether oxygens (including phenoxy) is 2. The molecular formula is C25H32F12O3. The summed E-state index contributed by atoms with van der Waals surface area (Å²) in [5.41, 5.74) is -7.18. The van der Waals surface area contributed by atoms with Crippen molar-refractivity contribution >= 4 is 5.97 Å². The highest BCUT2D eigenvalue weighted by Crippen LogP contribution is 2.66. The van der Waals surface area contributed by atoms with Crippen LogP contribution in [0.25, 0.3) is 0 Å². The van der Waals surface area contributed by atoms with Crippen LogP contribution < -0.4 is 0 Å². The number of alkyl halides is 12. The maximum Gasteiger partial charge on any atom is 0.377 e. The smallest absolute Gasteiger partial charge is 0.377 e. The van der Waals surface area contributed by atoms with E-state index in [4.69, 9.17) is 9.47 Å². The number of carbonyl (C=O) groups is 1. The molecule has 0 N–H and O–H groups in total. The highest BCUT2D eigenvalue weighted by molar-refractivity contribution is 5.77. The van der Waals surface area contributed by atoms with Crippen molar-refractivity contribution in [3.8, 4) is 0 Å². The zero-order chi connectivity index (χ0) is 30.6. The maximum absolute atomic E-state index is 16.4. The lowest BCUT2D eigenvalue weighted by atomic mass is 9.44. The monoisotopic (exact) mass is 608 g/mol. The summed E-state index contributed by atoms with van der Waals surface area (Å²) in [7, 11) is 0.953. The van der Waals surface area contributed by atoms with E-state index in [2.05, 4.69) is 0 Å². The summed E-state index contributed by atoms with van der Waals surface area (Å²) in [5, 5.41) is 0. The fraction of sp³-hybridized carbons (Fsp3) is 0.960. The van der Waals surface area contributed by atoms with Crippen LogP contribution in [0, 0.1) is 17.8 Å². The van der Waals surface area contributed by atoms with Gasteiger partial charge in [-0.3, -0.25) is 0 Å². The van der Waals surface area contributed by atoms with E-state index in [0.717, 1.165) is 7.11 Å². The topological polar surface area (TPSA) is 35.5 Å². The molecule has 0 radical (unpaired) electrons. The second-order valence-electron chi connectivity index (χ2n) is 11.6. The van der Waals surface area contributed by atoms with E-state index in [1.165, 1.54) is 0 Å². The number of hydrogen-bond donors (Lipinski definition) is 0. The minimum absolute atomic E-state index is 0.118. The molecule has 40 heavy (non-hydrogen) atoms. The van der Waals surface area contributed by atoms with Gasteiger partial charge in [-0.25, -0.2) is 48.7 Å². The molecule has 0 amide bonds. The van der Waals surface area contributed by atoms with E-state index in [9.17, 15) is 48.7 Å². The summed E-state index contributed by atoms with van der Waals surface area (Å²) in [6, 6.07) is 0. The van der Waals surface area contributed by atoms with E-state index in [0.29, 0.717) is 13.8 Å². The zero-order valence-corrected chi connectivity index (χ0v) is 21.9. The van der Waals surface area contributed by atoms with Crippen LogP contribution in [0.3, 0.4) is 0 Å². The average Bonchev–Trinajstić information content (AvgIpc) is 2.88. The Morgan fingerprint density at radius 3 is 1.68 bits per heavy atom. The summed E-state index contributed by atoms with van der Waals surface area (Å²) in [6.45, 7) is -1.29. The van der Waals surface area contributed by atoms with Crippen LogP contribution in [-0.4, -0.2) is 91.9 Å². The van der Waals surface area contributed by atoms with Gasteiger partial charge in [0.15, 0.2) is 55.0 Å². The zero-order valence-electron chi connectivity index (χ0n) is 21.9. The minimum Gasteiger partial charge on any atom is -0.455 e. The number of carbonyl (C=O) groups excluding carboxylic acids is 1. The predicted octanol–water partition coefficient (Wildman–Crippen LogP) is 6.55. The van der Waals surface area contributed by atoms with E-state index in [1.807, 2.05) is 0 Å². The lowest BCUT2D eigenvalue weighted by Gasteiger charge is -2.66. The molecule has 4 rings (SSSR count). The molecule has 4 fully saturated rings. The summed E-state index contributed by atoms with van der Waals surface area (Å²) < 4.78 is 180. The third-order valence-corrected chi connectivity index (χ3v) is 8.93. The first-order chi connectivity index (χ1) is 18.3. The largest absolute Gasteiger partial charge is 0.455 e. The molecule has 11 unspecified atom stereocenters. The Kier molecular flexibility index (Phi) is 9.39. The predicted molar refractivity (Wildman–Crippen MR) is 117 cm³/mol. The molecule has 0 saturated heterocycles. The fourth-order valence-corrected chi connectivity index (χ4v) is 7.30. The van der Waals surface area contributed by atoms with Crippen molar-refractivity contribution in [3.05, 3.63) is 0 Å². The van der Waals surface area contributed by atoms with Gasteiger partial charge in [0.2, 0.25) is 0 Å². The summed E-state index contributed by atoms with van der Waals surface area (Å²) >= 11 is 0. The minimum atomic E-state index is -3.92. The number of esters is 1. The van der Waals surface area contributed by atoms with Crippen molar-refractivity contribution in [3.63, 3.8) is 0 Å². The van der Waals surface area contributed by atoms with Crippen molar-refractivity contribution in [2.75, 3.05) is 13.8 Å². The normalized spacial score (nSPS) is 37.5. The van der Waals surface area contributed by atoms with Gasteiger partial charge < -0.3 is 9.47 Å². The maximum atomic E-state index is 16.4. The molecule has 4 aliphatic carbocycles. The average molecular weight is 609 g/mol. The first kappa shape index (κ1) is 33.1. The van der Waals surface area contributed by atoms with Gasteiger partial charge in [-0.1, -0.05) is 0 Å². The van der Waals surface area contributed by atoms with Crippen LogP contribution >= 0.6 is 0 Å². The summed E-state index contributed by atoms with van der Waals surface area (Å²) in [4.78, 5) is 11.9. The van der Waals surface area contributed by atoms with Crippen LogP contribution in [0.15, 0.2) is 0 Å². The van der Waals surface area contributed by atoms with Gasteiger partial charge in [0.05, 0.1) is 0 Å². The third kappa shape index (κ3) is 5.41. The molecule has 11 atom stereocenters. The van der Waals surface area contributed by atoms with Crippen molar-refractivity contribution in [1.29, 1.82) is 0 Å². The van der Waals surface area contributed by atoms with Crippen LogP contribution in [0.1, 0.15) is 46.0 Å². The molecule has 4 saturated carbocycles. The molecule has 0 aromatic rings. The third-order valence-electron chi connectivity index (χ3n) is 8.93. The van der Waals surface area contributed by atoms with Gasteiger partial charge in [-0.2, -0.15) is 8.78 Å². The van der Waals surface area contributed by atoms with Gasteiger partial charge in [-0.15, -0.1) is 0 Å². The summed E-state index contributed by atoms with van der Waals surface area (Å²) in [6.07, 6.45) is -29.8. The van der Waals surface area contributed by atoms with Gasteiger partial charge in [-0.05, 0) is 56.8 Å². The molecule has 0 aromatic carbocycles. The Morgan fingerprint density at radius 2 is 1.25 bits per heavy atom. The molecule has 234 valence electrons. The molecular weight excluding hydrogens is 576 g/mol. The van der Waals surface area contributed by atoms with Gasteiger partial charge >= 0.3 is 11.9 Å². The first-order valence-electron chi connectivity index (χ1n) is 12.8. The van der Waals surface area contributed by atoms with Crippen LogP contribution in [0.4, 0.5) is 52.7 Å². The Hall–Kier alpha value is -1.41. The standard InChI is InChI=1S/C25H32F12O3/c1-22(35,20(34)19(33)18(32)17(31)16(30)15(29)14(28)13(27)9-26)25(39-3)11-4-10-5-12(25)8-24(6-10,7-11)40-21(38)23(2,36)37/h10-20H,4-9H2,1-3H3. The Bertz CT molecular complexity index is 885. The van der Waals surface area contributed by atoms with Crippen molar-refractivity contribution in [2.24, 2.45) is 17.8 Å². The lowest BCUT2D eigenvalue weighted by Crippen LogP contribution is -2.74. The number of hydrogen-bond acceptors (Lipinski definition) is 3. The van der Waals surface area contributed by atoms with Crippen molar-refractivity contribution < 1.29 is 67.0 Å². The number of halogens is 12. The van der Waals surface area contributed by atoms with Crippen molar-refractivity contribution in [1.82, 2.24) is 0 Å². The van der Waals surface area contributed by atoms with Gasteiger partial charge in [0.25, 0.3) is 0 Å². The Morgan fingerprint density at radius 1 is 0.800 bits per heavy atom. The highest BCUT2D eigenvalue weighted by atomic mass is 19.3. The molecule has 4 aliphatic rings. The molecule has 0 aromatic heterocycles. The Labute approximate surface area is 223 Å². The molecule has 0 aliphatic heterocycles. The van der Waals surface area contributed by atoms with Gasteiger partial charge in [0.1, 0.15) is 17.9 Å². The first-order valence-corrected chi connectivity index (χ1v) is 12.8. The quantitative estimate of drug-likeness (QED) is 0.176. The molecule has 4 bridgehead atoms. The molecule has 0 heterocycles. The summed E-state index contributed by atoms with van der Waals surface area (Å²) in [5.74, 6) is -8.06. The molecule has 15 heteroatoms. The van der Waals surface area contributed by atoms with E-state index >= 15 is 8.78 Å². The number of methoxy groups -OCH3 is 1. The van der Waals surface area contributed by atoms with E-state index < -0.39 is 96.6 Å². The lowest BCUT2D eigenvalue weighted by molar-refractivity contribution is -0.299. The Balaban J connectivity index is 1.83. The second kappa shape index (κ2) is 11.3. The van der Waals surface area contributed by atoms with E-state index in [1.54, 1.807) is 0 Å². The fourth-order valence-electron chi connectivity index (χ4n) is 7.30. The SMILES string of the molecule is COC1(C(C)(F)C(F)C(F)C(F)C(F)C(F)C(F)C(F)C(F)CF)C2CC3CC1CC(OC(=O)C(C)(F)F)(C3)C2. The molecule has 0 spiro atoms. The second-order valence-corrected chi connectivity index (χ2v) is 11.6. The molecule has 3 nitrogen and oxygen atoms in total. The van der Waals surface area contributed by atoms with Crippen LogP contribution in [0.2, 0.25) is 0 Å². The van der Waals surface area contributed by atoms with Crippen LogP contribution in [0.5, 0.6) is 0 Å². The number of rotatable bonds is 13. The van der Waals surface area contributed by atoms with Gasteiger partial charge in [0, 0.05) is 14.0 Å². The van der Waals surface area contributed by atoms with Crippen molar-refractivity contribution in [2.45, 2.75) is 118 Å².